The maximum absolute atomic E-state index is 12.6. The Labute approximate surface area is 158 Å². The number of rotatable bonds is 7. The number of ether oxygens (including phenoxy) is 1. The second kappa shape index (κ2) is 9.12. The van der Waals surface area contributed by atoms with E-state index in [1.165, 1.54) is 14.0 Å². The summed E-state index contributed by atoms with van der Waals surface area (Å²) in [6.45, 7) is 4.98. The molecule has 0 aliphatic carbocycles. The van der Waals surface area contributed by atoms with E-state index in [9.17, 15) is 14.4 Å². The van der Waals surface area contributed by atoms with Crippen LogP contribution >= 0.6 is 0 Å². The molecule has 7 heteroatoms. The summed E-state index contributed by atoms with van der Waals surface area (Å²) in [7, 11) is 1.27. The lowest BCUT2D eigenvalue weighted by Gasteiger charge is -2.24. The Morgan fingerprint density at radius 3 is 2.41 bits per heavy atom. The van der Waals surface area contributed by atoms with Crippen LogP contribution in [-0.2, 0) is 25.5 Å². The maximum Gasteiger partial charge on any atom is 0.328 e. The van der Waals surface area contributed by atoms with Gasteiger partial charge >= 0.3 is 5.97 Å². The summed E-state index contributed by atoms with van der Waals surface area (Å²) < 4.78 is 4.83. The molecular weight excluding hydrogens is 346 g/mol. The van der Waals surface area contributed by atoms with Crippen molar-refractivity contribution in [2.45, 2.75) is 39.3 Å². The molecule has 1 aromatic heterocycles. The number of amides is 2. The van der Waals surface area contributed by atoms with Crippen LogP contribution in [0.3, 0.4) is 0 Å². The van der Waals surface area contributed by atoms with Crippen LogP contribution in [-0.4, -0.2) is 42.0 Å². The molecule has 0 saturated heterocycles. The highest BCUT2D eigenvalue weighted by molar-refractivity contribution is 5.90. The number of methoxy groups -OCH3 is 1. The smallest absolute Gasteiger partial charge is 0.328 e. The number of nitrogens with one attached hydrogen (secondary N) is 2. The number of para-hydroxylation sites is 1. The number of hydrogen-bond acceptors (Lipinski definition) is 5. The molecule has 0 fully saturated rings. The molecule has 2 amide bonds. The van der Waals surface area contributed by atoms with Crippen LogP contribution in [0.4, 0.5) is 0 Å². The molecule has 2 aromatic rings. The SMILES string of the molecule is COC(=O)[C@@H](Cc1ccc2ccccc2n1)NC(=O)[C@H](NC(C)=O)C(C)C. The van der Waals surface area contributed by atoms with Gasteiger partial charge in [-0.1, -0.05) is 38.1 Å². The predicted molar refractivity (Wildman–Crippen MR) is 102 cm³/mol. The first-order chi connectivity index (χ1) is 12.8. The quantitative estimate of drug-likeness (QED) is 0.721. The fourth-order valence-electron chi connectivity index (χ4n) is 2.78. The number of nitrogens with zero attached hydrogens (tertiary/aromatic N) is 1. The molecule has 2 atom stereocenters. The van der Waals surface area contributed by atoms with Gasteiger partial charge in [0.2, 0.25) is 11.8 Å². The summed E-state index contributed by atoms with van der Waals surface area (Å²) in [5.74, 6) is -1.44. The van der Waals surface area contributed by atoms with Gasteiger partial charge in [0.05, 0.1) is 12.6 Å². The first-order valence-electron chi connectivity index (χ1n) is 8.81. The predicted octanol–water partition coefficient (Wildman–Crippen LogP) is 1.60. The van der Waals surface area contributed by atoms with Crippen molar-refractivity contribution in [2.24, 2.45) is 5.92 Å². The third-order valence-corrected chi connectivity index (χ3v) is 4.18. The van der Waals surface area contributed by atoms with E-state index in [4.69, 9.17) is 4.74 Å². The van der Waals surface area contributed by atoms with E-state index >= 15 is 0 Å². The molecule has 0 unspecified atom stereocenters. The molecule has 144 valence electrons. The zero-order chi connectivity index (χ0) is 20.0. The average molecular weight is 371 g/mol. The van der Waals surface area contributed by atoms with Crippen molar-refractivity contribution in [3.05, 3.63) is 42.1 Å². The molecule has 1 heterocycles. The van der Waals surface area contributed by atoms with E-state index in [1.54, 1.807) is 0 Å². The van der Waals surface area contributed by atoms with Gasteiger partial charge in [0, 0.05) is 24.4 Å². The van der Waals surface area contributed by atoms with Gasteiger partial charge in [0.1, 0.15) is 12.1 Å². The lowest BCUT2D eigenvalue weighted by Crippen LogP contribution is -2.54. The molecule has 0 aliphatic heterocycles. The van der Waals surface area contributed by atoms with Crippen molar-refractivity contribution in [1.82, 2.24) is 15.6 Å². The van der Waals surface area contributed by atoms with Crippen molar-refractivity contribution >= 4 is 28.7 Å². The molecule has 0 radical (unpaired) electrons. The highest BCUT2D eigenvalue weighted by atomic mass is 16.5. The summed E-state index contributed by atoms with van der Waals surface area (Å²) in [5, 5.41) is 6.28. The van der Waals surface area contributed by atoms with E-state index in [2.05, 4.69) is 15.6 Å². The first kappa shape index (κ1) is 20.4. The third-order valence-electron chi connectivity index (χ3n) is 4.18. The summed E-state index contributed by atoms with van der Waals surface area (Å²) in [4.78, 5) is 40.7. The standard InChI is InChI=1S/C20H25N3O4/c1-12(2)18(21-13(3)24)19(25)23-17(20(26)27-4)11-15-10-9-14-7-5-6-8-16(14)22-15/h5-10,12,17-18H,11H2,1-4H3,(H,21,24)(H,23,25)/t17-,18-/m1/s1. The summed E-state index contributed by atoms with van der Waals surface area (Å²) in [6.07, 6.45) is 0.189. The number of esters is 1. The van der Waals surface area contributed by atoms with Gasteiger partial charge in [-0.05, 0) is 18.1 Å². The lowest BCUT2D eigenvalue weighted by atomic mass is 10.0. The minimum absolute atomic E-state index is 0.133. The van der Waals surface area contributed by atoms with Crippen LogP contribution in [0.5, 0.6) is 0 Å². The van der Waals surface area contributed by atoms with E-state index < -0.39 is 24.0 Å². The molecule has 7 nitrogen and oxygen atoms in total. The Kier molecular flexibility index (Phi) is 6.87. The van der Waals surface area contributed by atoms with Crippen LogP contribution in [0.15, 0.2) is 36.4 Å². The zero-order valence-corrected chi connectivity index (χ0v) is 16.0. The fourth-order valence-corrected chi connectivity index (χ4v) is 2.78. The number of pyridine rings is 1. The normalized spacial score (nSPS) is 13.1. The minimum Gasteiger partial charge on any atom is -0.467 e. The number of hydrogen-bond donors (Lipinski definition) is 2. The Balaban J connectivity index is 2.19. The second-order valence-corrected chi connectivity index (χ2v) is 6.71. The van der Waals surface area contributed by atoms with Gasteiger partial charge in [0.15, 0.2) is 0 Å². The van der Waals surface area contributed by atoms with E-state index in [0.29, 0.717) is 5.69 Å². The molecule has 27 heavy (non-hydrogen) atoms. The van der Waals surface area contributed by atoms with Crippen LogP contribution in [0, 0.1) is 5.92 Å². The molecule has 0 aliphatic rings. The molecule has 2 rings (SSSR count). The lowest BCUT2D eigenvalue weighted by molar-refractivity contribution is -0.145. The van der Waals surface area contributed by atoms with E-state index in [0.717, 1.165) is 10.9 Å². The van der Waals surface area contributed by atoms with Gasteiger partial charge in [-0.2, -0.15) is 0 Å². The van der Waals surface area contributed by atoms with Crippen LogP contribution in [0.1, 0.15) is 26.5 Å². The zero-order valence-electron chi connectivity index (χ0n) is 16.0. The summed E-state index contributed by atoms with van der Waals surface area (Å²) in [6, 6.07) is 9.75. The number of benzene rings is 1. The maximum atomic E-state index is 12.6. The van der Waals surface area contributed by atoms with Crippen LogP contribution < -0.4 is 10.6 Å². The summed E-state index contributed by atoms with van der Waals surface area (Å²) >= 11 is 0. The summed E-state index contributed by atoms with van der Waals surface area (Å²) in [5.41, 5.74) is 1.47. The van der Waals surface area contributed by atoms with Crippen LogP contribution in [0.25, 0.3) is 10.9 Å². The molecular formula is C20H25N3O4. The Bertz CT molecular complexity index is 835. The van der Waals surface area contributed by atoms with Crippen molar-refractivity contribution in [3.8, 4) is 0 Å². The van der Waals surface area contributed by atoms with Gasteiger partial charge in [-0.15, -0.1) is 0 Å². The number of aromatic nitrogens is 1. The minimum atomic E-state index is -0.897. The van der Waals surface area contributed by atoms with Gasteiger partial charge in [0.25, 0.3) is 0 Å². The van der Waals surface area contributed by atoms with Gasteiger partial charge in [-0.3, -0.25) is 14.6 Å². The van der Waals surface area contributed by atoms with Crippen molar-refractivity contribution in [1.29, 1.82) is 0 Å². The van der Waals surface area contributed by atoms with Crippen molar-refractivity contribution < 1.29 is 19.1 Å². The molecule has 0 bridgehead atoms. The second-order valence-electron chi connectivity index (χ2n) is 6.71. The van der Waals surface area contributed by atoms with Gasteiger partial charge in [-0.25, -0.2) is 4.79 Å². The van der Waals surface area contributed by atoms with Crippen molar-refractivity contribution in [3.63, 3.8) is 0 Å². The number of carbonyl (C=O) groups excluding carboxylic acids is 3. The largest absolute Gasteiger partial charge is 0.467 e. The molecule has 2 N–H and O–H groups in total. The van der Waals surface area contributed by atoms with E-state index in [1.807, 2.05) is 50.2 Å². The topological polar surface area (TPSA) is 97.4 Å². The highest BCUT2D eigenvalue weighted by Crippen LogP contribution is 2.13. The molecule has 1 aromatic carbocycles. The highest BCUT2D eigenvalue weighted by Gasteiger charge is 2.29. The van der Waals surface area contributed by atoms with Crippen LogP contribution in [0.2, 0.25) is 0 Å². The number of fused-ring (bicyclic) bond motifs is 1. The van der Waals surface area contributed by atoms with Crippen molar-refractivity contribution in [2.75, 3.05) is 7.11 Å². The van der Waals surface area contributed by atoms with Gasteiger partial charge < -0.3 is 15.4 Å². The number of carbonyl (C=O) groups is 3. The monoisotopic (exact) mass is 371 g/mol. The average Bonchev–Trinajstić information content (AvgIpc) is 2.64. The third kappa shape index (κ3) is 5.51. The molecule has 0 saturated carbocycles. The Morgan fingerprint density at radius 2 is 1.78 bits per heavy atom. The molecule has 0 spiro atoms. The Hall–Kier alpha value is -2.96. The first-order valence-corrected chi connectivity index (χ1v) is 8.81. The fraction of sp³-hybridized carbons (Fsp3) is 0.400. The van der Waals surface area contributed by atoms with E-state index in [-0.39, 0.29) is 18.2 Å². The Morgan fingerprint density at radius 1 is 1.07 bits per heavy atom.